The van der Waals surface area contributed by atoms with Crippen molar-refractivity contribution >= 4 is 23.5 Å². The monoisotopic (exact) mass is 481 g/mol. The number of amides is 1. The zero-order valence-electron chi connectivity index (χ0n) is 20.3. The molecule has 1 aromatic heterocycles. The Morgan fingerprint density at radius 2 is 1.77 bits per heavy atom. The SMILES string of the molecule is COC(=O)CCc1c(C)nn(-c2ccc(C(=O)OC(C)C(=O)Nc3ccc(C)c(F)c3)cc2)c1C. The topological polar surface area (TPSA) is 99.5 Å². The van der Waals surface area contributed by atoms with Gasteiger partial charge in [-0.2, -0.15) is 5.10 Å². The fourth-order valence-corrected chi connectivity index (χ4v) is 3.55. The fourth-order valence-electron chi connectivity index (χ4n) is 3.55. The summed E-state index contributed by atoms with van der Waals surface area (Å²) in [7, 11) is 1.36. The van der Waals surface area contributed by atoms with Crippen LogP contribution in [0.2, 0.25) is 0 Å². The molecular weight excluding hydrogens is 453 g/mol. The summed E-state index contributed by atoms with van der Waals surface area (Å²) in [5.41, 5.74) is 4.40. The van der Waals surface area contributed by atoms with Crippen molar-refractivity contribution in [2.24, 2.45) is 0 Å². The summed E-state index contributed by atoms with van der Waals surface area (Å²) in [5, 5.41) is 7.09. The number of nitrogens with zero attached hydrogens (tertiary/aromatic N) is 2. The second kappa shape index (κ2) is 10.9. The third-order valence-corrected chi connectivity index (χ3v) is 5.69. The van der Waals surface area contributed by atoms with Crippen molar-refractivity contribution in [1.82, 2.24) is 9.78 Å². The van der Waals surface area contributed by atoms with Crippen molar-refractivity contribution in [2.45, 2.75) is 46.6 Å². The lowest BCUT2D eigenvalue weighted by Gasteiger charge is -2.14. The van der Waals surface area contributed by atoms with Gasteiger partial charge < -0.3 is 14.8 Å². The molecule has 1 unspecified atom stereocenters. The first kappa shape index (κ1) is 25.6. The molecule has 1 N–H and O–H groups in total. The van der Waals surface area contributed by atoms with Gasteiger partial charge in [0.25, 0.3) is 5.91 Å². The number of methoxy groups -OCH3 is 1. The molecule has 0 bridgehead atoms. The quantitative estimate of drug-likeness (QED) is 0.484. The van der Waals surface area contributed by atoms with Crippen molar-refractivity contribution in [3.05, 3.63) is 76.4 Å². The Kier molecular flexibility index (Phi) is 8.01. The van der Waals surface area contributed by atoms with E-state index in [1.54, 1.807) is 48.0 Å². The molecule has 184 valence electrons. The molecule has 0 aliphatic rings. The molecule has 2 aromatic carbocycles. The zero-order chi connectivity index (χ0) is 25.7. The summed E-state index contributed by atoms with van der Waals surface area (Å²) >= 11 is 0. The maximum Gasteiger partial charge on any atom is 0.338 e. The molecule has 35 heavy (non-hydrogen) atoms. The molecule has 0 radical (unpaired) electrons. The van der Waals surface area contributed by atoms with Crippen molar-refractivity contribution in [2.75, 3.05) is 12.4 Å². The lowest BCUT2D eigenvalue weighted by atomic mass is 10.1. The van der Waals surface area contributed by atoms with Crippen LogP contribution in [0.15, 0.2) is 42.5 Å². The first-order valence-corrected chi connectivity index (χ1v) is 11.1. The van der Waals surface area contributed by atoms with Crippen LogP contribution in [0.5, 0.6) is 0 Å². The normalized spacial score (nSPS) is 11.6. The van der Waals surface area contributed by atoms with Gasteiger partial charge in [0, 0.05) is 17.8 Å². The number of esters is 2. The first-order valence-electron chi connectivity index (χ1n) is 11.1. The van der Waals surface area contributed by atoms with Crippen LogP contribution in [0.1, 0.15) is 46.2 Å². The summed E-state index contributed by atoms with van der Waals surface area (Å²) in [6.07, 6.45) is -0.302. The lowest BCUT2D eigenvalue weighted by Crippen LogP contribution is -2.30. The molecule has 1 atom stereocenters. The molecule has 0 aliphatic carbocycles. The predicted octanol–water partition coefficient (Wildman–Crippen LogP) is 4.23. The van der Waals surface area contributed by atoms with Crippen molar-refractivity contribution in [3.63, 3.8) is 0 Å². The Balaban J connectivity index is 1.65. The number of hydrogen-bond acceptors (Lipinski definition) is 6. The highest BCUT2D eigenvalue weighted by molar-refractivity contribution is 5.97. The lowest BCUT2D eigenvalue weighted by molar-refractivity contribution is -0.140. The van der Waals surface area contributed by atoms with Crippen molar-refractivity contribution < 1.29 is 28.2 Å². The van der Waals surface area contributed by atoms with Crippen LogP contribution >= 0.6 is 0 Å². The maximum absolute atomic E-state index is 13.7. The van der Waals surface area contributed by atoms with Gasteiger partial charge in [0.05, 0.1) is 24.1 Å². The van der Waals surface area contributed by atoms with E-state index in [1.165, 1.54) is 20.1 Å². The summed E-state index contributed by atoms with van der Waals surface area (Å²) < 4.78 is 25.4. The van der Waals surface area contributed by atoms with Crippen LogP contribution in [-0.4, -0.2) is 40.8 Å². The van der Waals surface area contributed by atoms with Gasteiger partial charge in [-0.25, -0.2) is 13.9 Å². The fraction of sp³-hybridized carbons (Fsp3) is 0.308. The van der Waals surface area contributed by atoms with Crippen LogP contribution < -0.4 is 5.32 Å². The van der Waals surface area contributed by atoms with Gasteiger partial charge in [-0.1, -0.05) is 6.07 Å². The number of aryl methyl sites for hydroxylation is 2. The van der Waals surface area contributed by atoms with Crippen LogP contribution in [0.4, 0.5) is 10.1 Å². The second-order valence-electron chi connectivity index (χ2n) is 8.18. The van der Waals surface area contributed by atoms with E-state index in [2.05, 4.69) is 10.4 Å². The average molecular weight is 482 g/mol. The van der Waals surface area contributed by atoms with E-state index < -0.39 is 23.8 Å². The van der Waals surface area contributed by atoms with E-state index in [0.29, 0.717) is 12.0 Å². The van der Waals surface area contributed by atoms with Gasteiger partial charge in [0.1, 0.15) is 5.82 Å². The van der Waals surface area contributed by atoms with Crippen LogP contribution in [0, 0.1) is 26.6 Å². The van der Waals surface area contributed by atoms with Crippen LogP contribution in [0.25, 0.3) is 5.69 Å². The average Bonchev–Trinajstić information content (AvgIpc) is 3.12. The van der Waals surface area contributed by atoms with Crippen LogP contribution in [-0.2, 0) is 25.5 Å². The predicted molar refractivity (Wildman–Crippen MR) is 128 cm³/mol. The molecule has 0 saturated heterocycles. The van der Waals surface area contributed by atoms with E-state index in [1.807, 2.05) is 13.8 Å². The number of aromatic nitrogens is 2. The first-order chi connectivity index (χ1) is 16.6. The summed E-state index contributed by atoms with van der Waals surface area (Å²) in [5.74, 6) is -1.96. The van der Waals surface area contributed by atoms with Gasteiger partial charge in [-0.15, -0.1) is 0 Å². The number of carbonyl (C=O) groups excluding carboxylic acids is 3. The molecule has 3 aromatic rings. The molecule has 1 amide bonds. The van der Waals surface area contributed by atoms with E-state index in [4.69, 9.17) is 9.47 Å². The number of carbonyl (C=O) groups is 3. The summed E-state index contributed by atoms with van der Waals surface area (Å²) in [6, 6.07) is 10.9. The van der Waals surface area contributed by atoms with E-state index >= 15 is 0 Å². The Labute approximate surface area is 203 Å². The van der Waals surface area contributed by atoms with E-state index in [9.17, 15) is 18.8 Å². The molecule has 0 fully saturated rings. The minimum absolute atomic E-state index is 0.263. The molecule has 8 nitrogen and oxygen atoms in total. The highest BCUT2D eigenvalue weighted by atomic mass is 19.1. The number of hydrogen-bond donors (Lipinski definition) is 1. The number of halogens is 1. The smallest absolute Gasteiger partial charge is 0.338 e. The Hall–Kier alpha value is -4.01. The molecule has 0 saturated carbocycles. The van der Waals surface area contributed by atoms with Crippen molar-refractivity contribution in [3.8, 4) is 5.69 Å². The molecule has 3 rings (SSSR count). The minimum atomic E-state index is -1.08. The number of anilines is 1. The van der Waals surface area contributed by atoms with Gasteiger partial charge in [-0.3, -0.25) is 9.59 Å². The molecular formula is C26H28FN3O5. The third kappa shape index (κ3) is 6.11. The number of rotatable bonds is 8. The summed E-state index contributed by atoms with van der Waals surface area (Å²) in [4.78, 5) is 36.4. The van der Waals surface area contributed by atoms with E-state index in [0.717, 1.165) is 22.6 Å². The third-order valence-electron chi connectivity index (χ3n) is 5.69. The van der Waals surface area contributed by atoms with Gasteiger partial charge >= 0.3 is 11.9 Å². The van der Waals surface area contributed by atoms with Crippen LogP contribution in [0.3, 0.4) is 0 Å². The summed E-state index contributed by atoms with van der Waals surface area (Å²) in [6.45, 7) is 6.85. The highest BCUT2D eigenvalue weighted by Gasteiger charge is 2.20. The number of benzene rings is 2. The molecule has 0 aliphatic heterocycles. The van der Waals surface area contributed by atoms with Gasteiger partial charge in [0.15, 0.2) is 6.10 Å². The standard InChI is InChI=1S/C26H28FN3O5/c1-15-6-9-20(14-23(15)27)28-25(32)18(4)35-26(33)19-7-10-21(11-8-19)30-17(3)22(16(2)29-30)12-13-24(31)34-5/h6-11,14,18H,12-13H2,1-5H3,(H,28,32). The number of ether oxygens (including phenoxy) is 2. The number of nitrogens with one attached hydrogen (secondary N) is 1. The Bertz CT molecular complexity index is 1250. The Morgan fingerprint density at radius 3 is 2.40 bits per heavy atom. The molecule has 1 heterocycles. The zero-order valence-corrected chi connectivity index (χ0v) is 20.3. The minimum Gasteiger partial charge on any atom is -0.469 e. The Morgan fingerprint density at radius 1 is 1.09 bits per heavy atom. The molecule has 9 heteroatoms. The molecule has 0 spiro atoms. The maximum atomic E-state index is 13.7. The van der Waals surface area contributed by atoms with Gasteiger partial charge in [-0.05, 0) is 81.6 Å². The van der Waals surface area contributed by atoms with E-state index in [-0.39, 0.29) is 23.6 Å². The second-order valence-corrected chi connectivity index (χ2v) is 8.18. The largest absolute Gasteiger partial charge is 0.469 e. The van der Waals surface area contributed by atoms with Gasteiger partial charge in [0.2, 0.25) is 0 Å². The van der Waals surface area contributed by atoms with Crippen molar-refractivity contribution in [1.29, 1.82) is 0 Å². The highest BCUT2D eigenvalue weighted by Crippen LogP contribution is 2.20.